The fourth-order valence-electron chi connectivity index (χ4n) is 2.42. The number of amides is 1. The summed E-state index contributed by atoms with van der Waals surface area (Å²) in [6, 6.07) is 11.7. The standard InChI is InChI=1S/C18H23N3O.2ClH/c1-3-21(4-2)18(22)15-10-12-16(20-13-15)11-9-14-7-5-6-8-17(14)19;;/h5-8,10,12-13H,3-4,9,11,19H2,1-2H3;2*1H. The summed E-state index contributed by atoms with van der Waals surface area (Å²) in [7, 11) is 0. The maximum atomic E-state index is 12.2. The molecule has 132 valence electrons. The van der Waals surface area contributed by atoms with Gasteiger partial charge >= 0.3 is 0 Å². The van der Waals surface area contributed by atoms with Gasteiger partial charge in [0.1, 0.15) is 0 Å². The molecule has 0 saturated heterocycles. The van der Waals surface area contributed by atoms with Crippen LogP contribution >= 0.6 is 24.8 Å². The van der Waals surface area contributed by atoms with Crippen LogP contribution in [0.2, 0.25) is 0 Å². The Balaban J connectivity index is 0.00000264. The molecule has 0 atom stereocenters. The van der Waals surface area contributed by atoms with Crippen LogP contribution in [-0.4, -0.2) is 28.9 Å². The number of nitrogen functional groups attached to an aromatic ring is 1. The topological polar surface area (TPSA) is 59.2 Å². The normalized spacial score (nSPS) is 9.58. The van der Waals surface area contributed by atoms with Crippen molar-refractivity contribution in [3.05, 3.63) is 59.4 Å². The van der Waals surface area contributed by atoms with Gasteiger partial charge in [-0.1, -0.05) is 18.2 Å². The number of nitrogens with zero attached hydrogens (tertiary/aromatic N) is 2. The molecule has 24 heavy (non-hydrogen) atoms. The monoisotopic (exact) mass is 369 g/mol. The van der Waals surface area contributed by atoms with E-state index in [0.717, 1.165) is 29.8 Å². The fourth-order valence-corrected chi connectivity index (χ4v) is 2.42. The Hall–Kier alpha value is -1.78. The van der Waals surface area contributed by atoms with E-state index in [9.17, 15) is 4.79 Å². The summed E-state index contributed by atoms with van der Waals surface area (Å²) in [4.78, 5) is 18.4. The van der Waals surface area contributed by atoms with Gasteiger partial charge in [-0.05, 0) is 50.5 Å². The summed E-state index contributed by atoms with van der Waals surface area (Å²) in [5.74, 6) is 0.0383. The number of anilines is 1. The highest BCUT2D eigenvalue weighted by atomic mass is 35.5. The van der Waals surface area contributed by atoms with Gasteiger partial charge in [-0.2, -0.15) is 0 Å². The first kappa shape index (κ1) is 22.2. The molecule has 2 aromatic rings. The zero-order chi connectivity index (χ0) is 15.9. The predicted molar refractivity (Wildman–Crippen MR) is 104 cm³/mol. The van der Waals surface area contributed by atoms with Crippen molar-refractivity contribution in [3.8, 4) is 0 Å². The Morgan fingerprint density at radius 3 is 2.25 bits per heavy atom. The molecule has 1 amide bonds. The number of nitrogens with two attached hydrogens (primary N) is 1. The zero-order valence-electron chi connectivity index (χ0n) is 14.1. The first-order valence-corrected chi connectivity index (χ1v) is 7.73. The highest BCUT2D eigenvalue weighted by Gasteiger charge is 2.12. The van der Waals surface area contributed by atoms with Gasteiger partial charge in [0.2, 0.25) is 0 Å². The smallest absolute Gasteiger partial charge is 0.255 e. The molecule has 0 aliphatic rings. The van der Waals surface area contributed by atoms with E-state index in [4.69, 9.17) is 5.73 Å². The van der Waals surface area contributed by atoms with Crippen LogP contribution in [-0.2, 0) is 12.8 Å². The lowest BCUT2D eigenvalue weighted by Gasteiger charge is -2.18. The van der Waals surface area contributed by atoms with E-state index < -0.39 is 0 Å². The molecule has 1 aromatic heterocycles. The number of carbonyl (C=O) groups is 1. The Morgan fingerprint density at radius 2 is 1.71 bits per heavy atom. The van der Waals surface area contributed by atoms with Crippen LogP contribution in [0.4, 0.5) is 5.69 Å². The maximum absolute atomic E-state index is 12.2. The van der Waals surface area contributed by atoms with Crippen LogP contribution in [0, 0.1) is 0 Å². The van der Waals surface area contributed by atoms with Crippen LogP contribution in [0.5, 0.6) is 0 Å². The van der Waals surface area contributed by atoms with Crippen molar-refractivity contribution in [1.82, 2.24) is 9.88 Å². The van der Waals surface area contributed by atoms with Gasteiger partial charge in [-0.25, -0.2) is 0 Å². The summed E-state index contributed by atoms with van der Waals surface area (Å²) in [6.45, 7) is 5.38. The van der Waals surface area contributed by atoms with Crippen LogP contribution < -0.4 is 5.73 Å². The average Bonchev–Trinajstić information content (AvgIpc) is 2.55. The van der Waals surface area contributed by atoms with Crippen molar-refractivity contribution in [2.75, 3.05) is 18.8 Å². The Kier molecular flexibility index (Phi) is 10.1. The lowest BCUT2D eigenvalue weighted by Crippen LogP contribution is -2.30. The van der Waals surface area contributed by atoms with Crippen molar-refractivity contribution in [3.63, 3.8) is 0 Å². The number of hydrogen-bond acceptors (Lipinski definition) is 3. The third-order valence-electron chi connectivity index (χ3n) is 3.83. The van der Waals surface area contributed by atoms with Crippen LogP contribution in [0.25, 0.3) is 0 Å². The Morgan fingerprint density at radius 1 is 1.04 bits per heavy atom. The number of pyridine rings is 1. The van der Waals surface area contributed by atoms with Gasteiger partial charge < -0.3 is 10.6 Å². The second-order valence-corrected chi connectivity index (χ2v) is 5.21. The molecule has 6 heteroatoms. The molecule has 2 rings (SSSR count). The number of aryl methyl sites for hydroxylation is 2. The molecule has 0 radical (unpaired) electrons. The number of benzene rings is 1. The minimum atomic E-state index is 0. The molecular formula is C18H25Cl2N3O. The lowest BCUT2D eigenvalue weighted by atomic mass is 10.1. The fraction of sp³-hybridized carbons (Fsp3) is 0.333. The molecule has 0 bridgehead atoms. The largest absolute Gasteiger partial charge is 0.399 e. The quantitative estimate of drug-likeness (QED) is 0.788. The summed E-state index contributed by atoms with van der Waals surface area (Å²) < 4.78 is 0. The molecule has 0 saturated carbocycles. The van der Waals surface area contributed by atoms with Crippen molar-refractivity contribution < 1.29 is 4.79 Å². The zero-order valence-corrected chi connectivity index (χ0v) is 15.7. The Labute approximate surface area is 156 Å². The van der Waals surface area contributed by atoms with E-state index in [1.165, 1.54) is 0 Å². The molecule has 0 unspecified atom stereocenters. The van der Waals surface area contributed by atoms with E-state index in [-0.39, 0.29) is 30.7 Å². The van der Waals surface area contributed by atoms with E-state index in [0.29, 0.717) is 18.7 Å². The molecule has 0 fully saturated rings. The van der Waals surface area contributed by atoms with E-state index >= 15 is 0 Å². The van der Waals surface area contributed by atoms with Crippen molar-refractivity contribution >= 4 is 36.4 Å². The molecular weight excluding hydrogens is 345 g/mol. The number of para-hydroxylation sites is 1. The predicted octanol–water partition coefficient (Wildman–Crippen LogP) is 3.77. The maximum Gasteiger partial charge on any atom is 0.255 e. The molecule has 1 heterocycles. The minimum Gasteiger partial charge on any atom is -0.399 e. The molecule has 0 aliphatic heterocycles. The number of aromatic nitrogens is 1. The van der Waals surface area contributed by atoms with Crippen LogP contribution in [0.1, 0.15) is 35.5 Å². The second kappa shape index (κ2) is 10.9. The van der Waals surface area contributed by atoms with Gasteiger partial charge in [-0.3, -0.25) is 9.78 Å². The minimum absolute atomic E-state index is 0. The van der Waals surface area contributed by atoms with E-state index in [1.807, 2.05) is 50.2 Å². The summed E-state index contributed by atoms with van der Waals surface area (Å²) in [5.41, 5.74) is 9.51. The summed E-state index contributed by atoms with van der Waals surface area (Å²) >= 11 is 0. The third-order valence-corrected chi connectivity index (χ3v) is 3.83. The number of carbonyl (C=O) groups excluding carboxylic acids is 1. The molecule has 4 nitrogen and oxygen atoms in total. The van der Waals surface area contributed by atoms with Gasteiger partial charge in [0.05, 0.1) is 5.56 Å². The lowest BCUT2D eigenvalue weighted by molar-refractivity contribution is 0.0772. The molecule has 1 aromatic carbocycles. The van der Waals surface area contributed by atoms with Crippen LogP contribution in [0.3, 0.4) is 0 Å². The molecule has 2 N–H and O–H groups in total. The van der Waals surface area contributed by atoms with Gasteiger partial charge in [0, 0.05) is 30.7 Å². The van der Waals surface area contributed by atoms with Gasteiger partial charge in [-0.15, -0.1) is 24.8 Å². The highest BCUT2D eigenvalue weighted by molar-refractivity contribution is 5.93. The second-order valence-electron chi connectivity index (χ2n) is 5.21. The average molecular weight is 370 g/mol. The Bertz CT molecular complexity index is 628. The molecule has 0 spiro atoms. The number of halogens is 2. The van der Waals surface area contributed by atoms with Crippen molar-refractivity contribution in [2.24, 2.45) is 0 Å². The molecule has 0 aliphatic carbocycles. The number of rotatable bonds is 6. The first-order valence-electron chi connectivity index (χ1n) is 7.73. The third kappa shape index (κ3) is 5.69. The van der Waals surface area contributed by atoms with Crippen LogP contribution in [0.15, 0.2) is 42.6 Å². The SMILES string of the molecule is CCN(CC)C(=O)c1ccc(CCc2ccccc2N)nc1.Cl.Cl. The van der Waals surface area contributed by atoms with Gasteiger partial charge in [0.15, 0.2) is 0 Å². The van der Waals surface area contributed by atoms with E-state index in [2.05, 4.69) is 4.98 Å². The number of hydrogen-bond donors (Lipinski definition) is 1. The van der Waals surface area contributed by atoms with E-state index in [1.54, 1.807) is 11.1 Å². The summed E-state index contributed by atoms with van der Waals surface area (Å²) in [5, 5.41) is 0. The summed E-state index contributed by atoms with van der Waals surface area (Å²) in [6.07, 6.45) is 3.33. The van der Waals surface area contributed by atoms with Crippen molar-refractivity contribution in [2.45, 2.75) is 26.7 Å². The van der Waals surface area contributed by atoms with Gasteiger partial charge in [0.25, 0.3) is 5.91 Å². The van der Waals surface area contributed by atoms with Crippen molar-refractivity contribution in [1.29, 1.82) is 0 Å². The first-order chi connectivity index (χ1) is 10.7. The highest BCUT2D eigenvalue weighted by Crippen LogP contribution is 2.14.